The molecule has 16 heavy (non-hydrogen) atoms. The molecule has 0 unspecified atom stereocenters. The third-order valence-electron chi connectivity index (χ3n) is 2.77. The Morgan fingerprint density at radius 2 is 1.75 bits per heavy atom. The van der Waals surface area contributed by atoms with Gasteiger partial charge in [-0.2, -0.15) is 0 Å². The topological polar surface area (TPSA) is 0 Å². The van der Waals surface area contributed by atoms with Gasteiger partial charge in [0.25, 0.3) is 0 Å². The maximum absolute atomic E-state index is 2.34. The summed E-state index contributed by atoms with van der Waals surface area (Å²) in [6, 6.07) is 11.2. The van der Waals surface area contributed by atoms with Crippen molar-refractivity contribution < 1.29 is 0 Å². The molecule has 0 aliphatic heterocycles. The van der Waals surface area contributed by atoms with Crippen molar-refractivity contribution in [1.29, 1.82) is 0 Å². The SMILES string of the molecule is Cc1ccc(Cc2csc(C(C)C)c2)cc1. The lowest BCUT2D eigenvalue weighted by atomic mass is 10.0. The molecule has 1 heterocycles. The number of hydrogen-bond acceptors (Lipinski definition) is 1. The lowest BCUT2D eigenvalue weighted by Crippen LogP contribution is -1.86. The summed E-state index contributed by atoms with van der Waals surface area (Å²) >= 11 is 1.88. The van der Waals surface area contributed by atoms with Crippen molar-refractivity contribution in [3.05, 3.63) is 57.3 Å². The molecule has 0 aliphatic carbocycles. The van der Waals surface area contributed by atoms with Gasteiger partial charge in [0.1, 0.15) is 0 Å². The van der Waals surface area contributed by atoms with E-state index in [1.807, 2.05) is 11.3 Å². The van der Waals surface area contributed by atoms with E-state index in [0.717, 1.165) is 6.42 Å². The number of aryl methyl sites for hydroxylation is 1. The molecule has 0 amide bonds. The standard InChI is InChI=1S/C15H18S/c1-11(2)15-9-14(10-16-15)8-13-6-4-12(3)5-7-13/h4-7,9-11H,8H2,1-3H3. The van der Waals surface area contributed by atoms with Gasteiger partial charge in [-0.05, 0) is 41.8 Å². The number of rotatable bonds is 3. The molecule has 1 heteroatoms. The molecule has 0 saturated heterocycles. The lowest BCUT2D eigenvalue weighted by molar-refractivity contribution is 0.888. The summed E-state index contributed by atoms with van der Waals surface area (Å²) in [5.74, 6) is 0.650. The molecule has 2 aromatic rings. The predicted octanol–water partition coefficient (Wildman–Crippen LogP) is 4.77. The van der Waals surface area contributed by atoms with Gasteiger partial charge >= 0.3 is 0 Å². The molecule has 0 nitrogen and oxygen atoms in total. The highest BCUT2D eigenvalue weighted by molar-refractivity contribution is 7.10. The Labute approximate surface area is 102 Å². The highest BCUT2D eigenvalue weighted by Gasteiger charge is 2.04. The molecule has 2 rings (SSSR count). The zero-order valence-corrected chi connectivity index (χ0v) is 11.0. The summed E-state index contributed by atoms with van der Waals surface area (Å²) in [4.78, 5) is 1.49. The minimum absolute atomic E-state index is 0.650. The third kappa shape index (κ3) is 2.73. The van der Waals surface area contributed by atoms with Crippen LogP contribution in [0.5, 0.6) is 0 Å². The average Bonchev–Trinajstić information content (AvgIpc) is 2.70. The number of thiophene rings is 1. The van der Waals surface area contributed by atoms with Crippen LogP contribution < -0.4 is 0 Å². The Balaban J connectivity index is 2.11. The fraction of sp³-hybridized carbons (Fsp3) is 0.333. The molecule has 0 bridgehead atoms. The Hall–Kier alpha value is -1.08. The van der Waals surface area contributed by atoms with E-state index in [0.29, 0.717) is 5.92 Å². The zero-order chi connectivity index (χ0) is 11.5. The van der Waals surface area contributed by atoms with Gasteiger partial charge in [0.05, 0.1) is 0 Å². The van der Waals surface area contributed by atoms with Gasteiger partial charge in [-0.15, -0.1) is 11.3 Å². The molecule has 1 aromatic carbocycles. The van der Waals surface area contributed by atoms with Crippen molar-refractivity contribution >= 4 is 11.3 Å². The fourth-order valence-electron chi connectivity index (χ4n) is 1.73. The Morgan fingerprint density at radius 1 is 1.06 bits per heavy atom. The highest BCUT2D eigenvalue weighted by atomic mass is 32.1. The van der Waals surface area contributed by atoms with Crippen LogP contribution in [0.2, 0.25) is 0 Å². The summed E-state index contributed by atoms with van der Waals surface area (Å²) in [7, 11) is 0. The molecular weight excluding hydrogens is 212 g/mol. The quantitative estimate of drug-likeness (QED) is 0.712. The first kappa shape index (κ1) is 11.4. The first-order valence-corrected chi connectivity index (χ1v) is 6.66. The molecular formula is C15H18S. The van der Waals surface area contributed by atoms with Crippen molar-refractivity contribution in [3.63, 3.8) is 0 Å². The molecule has 84 valence electrons. The molecule has 0 atom stereocenters. The first-order valence-electron chi connectivity index (χ1n) is 5.78. The van der Waals surface area contributed by atoms with E-state index in [1.165, 1.54) is 21.6 Å². The monoisotopic (exact) mass is 230 g/mol. The van der Waals surface area contributed by atoms with Crippen molar-refractivity contribution in [2.24, 2.45) is 0 Å². The Kier molecular flexibility index (Phi) is 3.45. The van der Waals surface area contributed by atoms with Crippen LogP contribution in [0.1, 0.15) is 41.3 Å². The van der Waals surface area contributed by atoms with E-state index >= 15 is 0 Å². The summed E-state index contributed by atoms with van der Waals surface area (Å²) < 4.78 is 0. The predicted molar refractivity (Wildman–Crippen MR) is 72.4 cm³/mol. The van der Waals surface area contributed by atoms with Crippen LogP contribution in [0.25, 0.3) is 0 Å². The van der Waals surface area contributed by atoms with E-state index in [2.05, 4.69) is 56.5 Å². The first-order chi connectivity index (χ1) is 7.65. The van der Waals surface area contributed by atoms with Gasteiger partial charge in [-0.25, -0.2) is 0 Å². The highest BCUT2D eigenvalue weighted by Crippen LogP contribution is 2.24. The average molecular weight is 230 g/mol. The van der Waals surface area contributed by atoms with E-state index in [9.17, 15) is 0 Å². The van der Waals surface area contributed by atoms with E-state index in [1.54, 1.807) is 0 Å². The molecule has 0 radical (unpaired) electrons. The molecule has 0 fully saturated rings. The smallest absolute Gasteiger partial charge is 0.00736 e. The number of benzene rings is 1. The van der Waals surface area contributed by atoms with E-state index < -0.39 is 0 Å². The Morgan fingerprint density at radius 3 is 2.31 bits per heavy atom. The van der Waals surface area contributed by atoms with Crippen molar-refractivity contribution in [1.82, 2.24) is 0 Å². The third-order valence-corrected chi connectivity index (χ3v) is 4.05. The van der Waals surface area contributed by atoms with Crippen LogP contribution >= 0.6 is 11.3 Å². The van der Waals surface area contributed by atoms with E-state index in [4.69, 9.17) is 0 Å². The second-order valence-electron chi connectivity index (χ2n) is 4.67. The minimum atomic E-state index is 0.650. The van der Waals surface area contributed by atoms with Crippen LogP contribution in [-0.4, -0.2) is 0 Å². The van der Waals surface area contributed by atoms with Crippen molar-refractivity contribution in [3.8, 4) is 0 Å². The van der Waals surface area contributed by atoms with Crippen LogP contribution in [0.15, 0.2) is 35.7 Å². The van der Waals surface area contributed by atoms with E-state index in [-0.39, 0.29) is 0 Å². The minimum Gasteiger partial charge on any atom is -0.148 e. The van der Waals surface area contributed by atoms with Crippen LogP contribution in [0.4, 0.5) is 0 Å². The largest absolute Gasteiger partial charge is 0.148 e. The van der Waals surface area contributed by atoms with Crippen molar-refractivity contribution in [2.75, 3.05) is 0 Å². The summed E-state index contributed by atoms with van der Waals surface area (Å²) in [5, 5.41) is 2.29. The molecule has 1 aromatic heterocycles. The maximum atomic E-state index is 2.34. The van der Waals surface area contributed by atoms with Crippen molar-refractivity contribution in [2.45, 2.75) is 33.1 Å². The fourth-order valence-corrected chi connectivity index (χ4v) is 2.66. The second-order valence-corrected chi connectivity index (χ2v) is 5.62. The Bertz CT molecular complexity index is 449. The lowest BCUT2D eigenvalue weighted by Gasteiger charge is -2.00. The maximum Gasteiger partial charge on any atom is 0.00736 e. The van der Waals surface area contributed by atoms with Gasteiger partial charge in [-0.3, -0.25) is 0 Å². The zero-order valence-electron chi connectivity index (χ0n) is 10.2. The summed E-state index contributed by atoms with van der Waals surface area (Å²) in [6.07, 6.45) is 1.06. The normalized spacial score (nSPS) is 11.0. The van der Waals surface area contributed by atoms with Gasteiger partial charge in [0.15, 0.2) is 0 Å². The molecule has 0 aliphatic rings. The number of hydrogen-bond donors (Lipinski definition) is 0. The van der Waals surface area contributed by atoms with Gasteiger partial charge < -0.3 is 0 Å². The van der Waals surface area contributed by atoms with Gasteiger partial charge in [-0.1, -0.05) is 43.7 Å². The summed E-state index contributed by atoms with van der Waals surface area (Å²) in [6.45, 7) is 6.63. The van der Waals surface area contributed by atoms with Crippen LogP contribution in [0.3, 0.4) is 0 Å². The van der Waals surface area contributed by atoms with Gasteiger partial charge in [0.2, 0.25) is 0 Å². The summed E-state index contributed by atoms with van der Waals surface area (Å²) in [5.41, 5.74) is 4.17. The van der Waals surface area contributed by atoms with Gasteiger partial charge in [0, 0.05) is 4.88 Å². The molecule has 0 saturated carbocycles. The second kappa shape index (κ2) is 4.84. The molecule has 0 spiro atoms. The van der Waals surface area contributed by atoms with Crippen LogP contribution in [-0.2, 0) is 6.42 Å². The molecule has 0 N–H and O–H groups in total. The van der Waals surface area contributed by atoms with Crippen LogP contribution in [0, 0.1) is 6.92 Å².